The molecule has 1 amide bonds. The van der Waals surface area contributed by atoms with Gasteiger partial charge in [0.2, 0.25) is 10.0 Å². The standard InChI is InChI=1S/C20H20Cl2N2O5S/c1-12(25)13-4-6-14(7-5-13)24-20(26)16-9-19(18(22)10-17(16)21)30(27,28)23-11-15-3-2-8-29-15/h4-7,9-10,15,23H,2-3,8,11H2,1H3,(H,24,26)/t15-/m1/s1. The highest BCUT2D eigenvalue weighted by Gasteiger charge is 2.25. The normalized spacial score (nSPS) is 16.4. The van der Waals surface area contributed by atoms with E-state index in [2.05, 4.69) is 10.0 Å². The molecule has 1 fully saturated rings. The number of halogens is 2. The summed E-state index contributed by atoms with van der Waals surface area (Å²) >= 11 is 12.2. The van der Waals surface area contributed by atoms with E-state index in [1.54, 1.807) is 24.3 Å². The number of hydrogen-bond donors (Lipinski definition) is 2. The van der Waals surface area contributed by atoms with Crippen LogP contribution in [0.2, 0.25) is 10.0 Å². The Balaban J connectivity index is 1.81. The fourth-order valence-corrected chi connectivity index (χ4v) is 4.90. The lowest BCUT2D eigenvalue weighted by Crippen LogP contribution is -2.32. The first-order valence-electron chi connectivity index (χ1n) is 9.20. The van der Waals surface area contributed by atoms with Gasteiger partial charge >= 0.3 is 0 Å². The Morgan fingerprint density at radius 3 is 2.43 bits per heavy atom. The second kappa shape index (κ2) is 9.45. The Kier molecular flexibility index (Phi) is 7.15. The van der Waals surface area contributed by atoms with Crippen molar-refractivity contribution in [2.45, 2.75) is 30.8 Å². The van der Waals surface area contributed by atoms with E-state index in [-0.39, 0.29) is 38.9 Å². The molecule has 30 heavy (non-hydrogen) atoms. The van der Waals surface area contributed by atoms with E-state index in [0.717, 1.165) is 18.9 Å². The summed E-state index contributed by atoms with van der Waals surface area (Å²) in [6, 6.07) is 8.65. The SMILES string of the molecule is CC(=O)c1ccc(NC(=O)c2cc(S(=O)(=O)NC[C@H]3CCCO3)c(Cl)cc2Cl)cc1. The lowest BCUT2D eigenvalue weighted by atomic mass is 10.1. The van der Waals surface area contributed by atoms with Gasteiger partial charge in [0.1, 0.15) is 4.90 Å². The number of rotatable bonds is 7. The molecule has 3 rings (SSSR count). The Morgan fingerprint density at radius 2 is 1.83 bits per heavy atom. The predicted molar refractivity (Wildman–Crippen MR) is 115 cm³/mol. The van der Waals surface area contributed by atoms with Crippen LogP contribution in [0.15, 0.2) is 41.3 Å². The average Bonchev–Trinajstić information content (AvgIpc) is 3.20. The van der Waals surface area contributed by atoms with Gasteiger partial charge in [0.25, 0.3) is 5.91 Å². The van der Waals surface area contributed by atoms with E-state index >= 15 is 0 Å². The number of ether oxygens (including phenoxy) is 1. The van der Waals surface area contributed by atoms with Crippen molar-refractivity contribution >= 4 is 50.6 Å². The molecule has 2 aromatic carbocycles. The van der Waals surface area contributed by atoms with Crippen molar-refractivity contribution in [2.75, 3.05) is 18.5 Å². The van der Waals surface area contributed by atoms with Crippen LogP contribution in [0.5, 0.6) is 0 Å². The predicted octanol–water partition coefficient (Wildman–Crippen LogP) is 3.91. The molecule has 0 radical (unpaired) electrons. The molecule has 1 saturated heterocycles. The monoisotopic (exact) mass is 470 g/mol. The largest absolute Gasteiger partial charge is 0.377 e. The lowest BCUT2D eigenvalue weighted by Gasteiger charge is -2.14. The topological polar surface area (TPSA) is 102 Å². The Labute approximate surface area is 184 Å². The number of anilines is 1. The maximum absolute atomic E-state index is 12.7. The van der Waals surface area contributed by atoms with Crippen LogP contribution < -0.4 is 10.0 Å². The number of carbonyl (C=O) groups excluding carboxylic acids is 2. The fraction of sp³-hybridized carbons (Fsp3) is 0.300. The Bertz CT molecular complexity index is 1070. The van der Waals surface area contributed by atoms with Crippen molar-refractivity contribution in [3.63, 3.8) is 0 Å². The number of amides is 1. The minimum absolute atomic E-state index is 0.0101. The van der Waals surface area contributed by atoms with E-state index in [1.807, 2.05) is 0 Å². The molecule has 1 aliphatic rings. The summed E-state index contributed by atoms with van der Waals surface area (Å²) in [5.41, 5.74) is 0.884. The van der Waals surface area contributed by atoms with Gasteiger partial charge in [0.15, 0.2) is 5.78 Å². The van der Waals surface area contributed by atoms with Crippen LogP contribution in [0.1, 0.15) is 40.5 Å². The van der Waals surface area contributed by atoms with Crippen LogP contribution in [-0.4, -0.2) is 39.4 Å². The molecule has 160 valence electrons. The summed E-state index contributed by atoms with van der Waals surface area (Å²) in [5.74, 6) is -0.707. The van der Waals surface area contributed by atoms with Gasteiger partial charge in [-0.2, -0.15) is 0 Å². The zero-order valence-corrected chi connectivity index (χ0v) is 18.4. The molecular weight excluding hydrogens is 451 g/mol. The zero-order chi connectivity index (χ0) is 21.9. The van der Waals surface area contributed by atoms with E-state index in [9.17, 15) is 18.0 Å². The molecule has 0 spiro atoms. The first-order chi connectivity index (χ1) is 14.2. The maximum atomic E-state index is 12.7. The number of nitrogens with one attached hydrogen (secondary N) is 2. The number of carbonyl (C=O) groups is 2. The number of sulfonamides is 1. The molecule has 0 aromatic heterocycles. The smallest absolute Gasteiger partial charge is 0.257 e. The summed E-state index contributed by atoms with van der Waals surface area (Å²) in [6.45, 7) is 2.16. The number of Topliss-reactive ketones (excluding diaryl/α,β-unsaturated/α-hetero) is 1. The molecular formula is C20H20Cl2N2O5S. The van der Waals surface area contributed by atoms with E-state index in [0.29, 0.717) is 17.9 Å². The summed E-state index contributed by atoms with van der Waals surface area (Å²) in [4.78, 5) is 23.8. The van der Waals surface area contributed by atoms with Crippen molar-refractivity contribution in [1.29, 1.82) is 0 Å². The number of benzene rings is 2. The minimum Gasteiger partial charge on any atom is -0.377 e. The fourth-order valence-electron chi connectivity index (χ4n) is 2.98. The van der Waals surface area contributed by atoms with E-state index in [4.69, 9.17) is 27.9 Å². The Hall–Kier alpha value is -1.97. The zero-order valence-electron chi connectivity index (χ0n) is 16.1. The van der Waals surface area contributed by atoms with Gasteiger partial charge in [-0.05, 0) is 56.2 Å². The van der Waals surface area contributed by atoms with Crippen LogP contribution in [0, 0.1) is 0 Å². The molecule has 1 heterocycles. The van der Waals surface area contributed by atoms with Gasteiger partial charge in [-0.15, -0.1) is 0 Å². The molecule has 0 saturated carbocycles. The van der Waals surface area contributed by atoms with Gasteiger partial charge < -0.3 is 10.1 Å². The summed E-state index contributed by atoms with van der Waals surface area (Å²) in [6.07, 6.45) is 1.46. The van der Waals surface area contributed by atoms with Gasteiger partial charge in [0.05, 0.1) is 21.7 Å². The summed E-state index contributed by atoms with van der Waals surface area (Å²) < 4.78 is 33.3. The minimum atomic E-state index is -3.98. The third-order valence-electron chi connectivity index (χ3n) is 4.63. The molecule has 0 aliphatic carbocycles. The third-order valence-corrected chi connectivity index (χ3v) is 6.83. The highest BCUT2D eigenvalue weighted by Crippen LogP contribution is 2.29. The Morgan fingerprint density at radius 1 is 1.13 bits per heavy atom. The van der Waals surface area contributed by atoms with Crippen LogP contribution in [-0.2, 0) is 14.8 Å². The van der Waals surface area contributed by atoms with Crippen molar-refractivity contribution in [3.8, 4) is 0 Å². The van der Waals surface area contributed by atoms with Crippen LogP contribution in [0.25, 0.3) is 0 Å². The van der Waals surface area contributed by atoms with Gasteiger partial charge in [-0.1, -0.05) is 23.2 Å². The van der Waals surface area contributed by atoms with Gasteiger partial charge in [-0.3, -0.25) is 9.59 Å². The van der Waals surface area contributed by atoms with Crippen molar-refractivity contribution in [2.24, 2.45) is 0 Å². The molecule has 1 aliphatic heterocycles. The van der Waals surface area contributed by atoms with Crippen LogP contribution >= 0.6 is 23.2 Å². The molecule has 2 aromatic rings. The van der Waals surface area contributed by atoms with Crippen LogP contribution in [0.3, 0.4) is 0 Å². The van der Waals surface area contributed by atoms with Crippen molar-refractivity contribution in [3.05, 3.63) is 57.6 Å². The van der Waals surface area contributed by atoms with Crippen molar-refractivity contribution < 1.29 is 22.7 Å². The van der Waals surface area contributed by atoms with Crippen LogP contribution in [0.4, 0.5) is 5.69 Å². The second-order valence-electron chi connectivity index (χ2n) is 6.84. The number of hydrogen-bond acceptors (Lipinski definition) is 5. The van der Waals surface area contributed by atoms with Crippen molar-refractivity contribution in [1.82, 2.24) is 4.72 Å². The quantitative estimate of drug-likeness (QED) is 0.597. The number of ketones is 1. The van der Waals surface area contributed by atoms with Gasteiger partial charge in [-0.25, -0.2) is 13.1 Å². The molecule has 0 bridgehead atoms. The third kappa shape index (κ3) is 5.39. The first-order valence-corrected chi connectivity index (χ1v) is 11.4. The first kappa shape index (κ1) is 22.7. The molecule has 2 N–H and O–H groups in total. The van der Waals surface area contributed by atoms with Gasteiger partial charge in [0, 0.05) is 24.4 Å². The lowest BCUT2D eigenvalue weighted by molar-refractivity contribution is 0.101. The second-order valence-corrected chi connectivity index (χ2v) is 9.39. The molecule has 10 heteroatoms. The molecule has 0 unspecified atom stereocenters. The molecule has 7 nitrogen and oxygen atoms in total. The average molecular weight is 471 g/mol. The maximum Gasteiger partial charge on any atom is 0.257 e. The van der Waals surface area contributed by atoms with E-state index in [1.165, 1.54) is 13.0 Å². The van der Waals surface area contributed by atoms with E-state index < -0.39 is 15.9 Å². The summed E-state index contributed by atoms with van der Waals surface area (Å²) in [5, 5.41) is 2.54. The highest BCUT2D eigenvalue weighted by atomic mass is 35.5. The molecule has 1 atom stereocenters. The highest BCUT2D eigenvalue weighted by molar-refractivity contribution is 7.89. The summed E-state index contributed by atoms with van der Waals surface area (Å²) in [7, 11) is -3.98.